The number of phenolic OH excluding ortho intramolecular Hbond substituents is 1. The van der Waals surface area contributed by atoms with Gasteiger partial charge in [0.15, 0.2) is 0 Å². The minimum atomic E-state index is -0.312. The largest absolute Gasteiger partial charge is 0.508 e. The van der Waals surface area contributed by atoms with Gasteiger partial charge >= 0.3 is 0 Å². The van der Waals surface area contributed by atoms with Gasteiger partial charge in [0.25, 0.3) is 5.91 Å². The summed E-state index contributed by atoms with van der Waals surface area (Å²) in [5.41, 5.74) is 8.10. The van der Waals surface area contributed by atoms with Crippen LogP contribution in [0.4, 0.5) is 11.4 Å². The number of amides is 1. The van der Waals surface area contributed by atoms with Crippen molar-refractivity contribution in [2.24, 2.45) is 0 Å². The number of benzene rings is 1. The molecule has 0 fully saturated rings. The predicted octanol–water partition coefficient (Wildman–Crippen LogP) is 1.63. The Kier molecular flexibility index (Phi) is 3.33. The van der Waals surface area contributed by atoms with Crippen molar-refractivity contribution in [1.82, 2.24) is 10.2 Å². The summed E-state index contributed by atoms with van der Waals surface area (Å²) in [5, 5.41) is 19.7. The van der Waals surface area contributed by atoms with E-state index in [-0.39, 0.29) is 11.7 Å². The van der Waals surface area contributed by atoms with Gasteiger partial charge in [0.1, 0.15) is 5.75 Å². The molecule has 0 saturated heterocycles. The van der Waals surface area contributed by atoms with Crippen LogP contribution in [0.15, 0.2) is 24.3 Å². The van der Waals surface area contributed by atoms with Crippen molar-refractivity contribution in [3.05, 3.63) is 41.2 Å². The Bertz CT molecular complexity index is 641. The third kappa shape index (κ3) is 2.79. The lowest BCUT2D eigenvalue weighted by Crippen LogP contribution is -2.16. The standard InChI is InChI=1S/C13H14N4O2/c1-7-5-10(8(2)17-16-7)13(19)15-12-4-3-9(18)6-11(12)14/h3-6,18H,14H2,1-2H3,(H,15,19). The molecule has 4 N–H and O–H groups in total. The van der Waals surface area contributed by atoms with Crippen LogP contribution in [0.5, 0.6) is 5.75 Å². The summed E-state index contributed by atoms with van der Waals surface area (Å²) >= 11 is 0. The average Bonchev–Trinajstić information content (AvgIpc) is 2.35. The quantitative estimate of drug-likeness (QED) is 0.561. The van der Waals surface area contributed by atoms with Crippen molar-refractivity contribution in [2.45, 2.75) is 13.8 Å². The van der Waals surface area contributed by atoms with Crippen molar-refractivity contribution in [2.75, 3.05) is 11.1 Å². The number of carbonyl (C=O) groups excluding carboxylic acids is 1. The molecule has 0 unspecified atom stereocenters. The van der Waals surface area contributed by atoms with Crippen LogP contribution in [-0.4, -0.2) is 21.2 Å². The lowest BCUT2D eigenvalue weighted by molar-refractivity contribution is 0.102. The van der Waals surface area contributed by atoms with Gasteiger partial charge in [-0.15, -0.1) is 0 Å². The number of aromatic nitrogens is 2. The second-order valence-electron chi connectivity index (χ2n) is 4.21. The van der Waals surface area contributed by atoms with Crippen molar-refractivity contribution in [1.29, 1.82) is 0 Å². The first kappa shape index (κ1) is 12.8. The molecule has 0 aliphatic rings. The molecule has 6 heteroatoms. The van der Waals surface area contributed by atoms with Gasteiger partial charge in [0.2, 0.25) is 0 Å². The third-order valence-corrected chi connectivity index (χ3v) is 2.63. The van der Waals surface area contributed by atoms with Gasteiger partial charge in [-0.05, 0) is 32.0 Å². The number of nitrogen functional groups attached to an aromatic ring is 1. The van der Waals surface area contributed by atoms with Gasteiger partial charge in [-0.3, -0.25) is 4.79 Å². The van der Waals surface area contributed by atoms with Crippen molar-refractivity contribution < 1.29 is 9.90 Å². The molecule has 6 nitrogen and oxygen atoms in total. The molecule has 2 aromatic rings. The summed E-state index contributed by atoms with van der Waals surface area (Å²) < 4.78 is 0. The maximum absolute atomic E-state index is 12.1. The zero-order valence-electron chi connectivity index (χ0n) is 10.6. The molecule has 0 spiro atoms. The maximum atomic E-state index is 12.1. The number of phenols is 1. The van der Waals surface area contributed by atoms with Crippen molar-refractivity contribution >= 4 is 17.3 Å². The number of hydrogen-bond donors (Lipinski definition) is 3. The summed E-state index contributed by atoms with van der Waals surface area (Å²) in [4.78, 5) is 12.1. The molecular formula is C13H14N4O2. The molecule has 19 heavy (non-hydrogen) atoms. The molecule has 0 atom stereocenters. The monoisotopic (exact) mass is 258 g/mol. The fourth-order valence-corrected chi connectivity index (χ4v) is 1.63. The summed E-state index contributed by atoms with van der Waals surface area (Å²) in [6, 6.07) is 6.03. The molecule has 1 amide bonds. The van der Waals surface area contributed by atoms with E-state index in [9.17, 15) is 9.90 Å². The van der Waals surface area contributed by atoms with Gasteiger partial charge in [-0.25, -0.2) is 0 Å². The Morgan fingerprint density at radius 1 is 1.26 bits per heavy atom. The molecule has 0 saturated carbocycles. The Hall–Kier alpha value is -2.63. The van der Waals surface area contributed by atoms with E-state index >= 15 is 0 Å². The number of aryl methyl sites for hydroxylation is 2. The molecule has 0 aliphatic heterocycles. The van der Waals surface area contributed by atoms with Crippen LogP contribution >= 0.6 is 0 Å². The first-order valence-electron chi connectivity index (χ1n) is 5.68. The molecule has 2 rings (SSSR count). The van der Waals surface area contributed by atoms with E-state index in [0.29, 0.717) is 28.3 Å². The lowest BCUT2D eigenvalue weighted by Gasteiger charge is -2.09. The highest BCUT2D eigenvalue weighted by Gasteiger charge is 2.12. The Morgan fingerprint density at radius 2 is 2.00 bits per heavy atom. The highest BCUT2D eigenvalue weighted by Crippen LogP contribution is 2.24. The van der Waals surface area contributed by atoms with Crippen LogP contribution in [0.2, 0.25) is 0 Å². The Morgan fingerprint density at radius 3 is 2.68 bits per heavy atom. The molecule has 1 heterocycles. The number of nitrogens with one attached hydrogen (secondary N) is 1. The number of carbonyl (C=O) groups is 1. The van der Waals surface area contributed by atoms with E-state index < -0.39 is 0 Å². The van der Waals surface area contributed by atoms with Gasteiger partial charge < -0.3 is 16.2 Å². The molecule has 98 valence electrons. The molecule has 0 aliphatic carbocycles. The zero-order chi connectivity index (χ0) is 14.0. The normalized spacial score (nSPS) is 10.2. The fraction of sp³-hybridized carbons (Fsp3) is 0.154. The molecular weight excluding hydrogens is 244 g/mol. The highest BCUT2D eigenvalue weighted by molar-refractivity contribution is 6.06. The second kappa shape index (κ2) is 4.93. The van der Waals surface area contributed by atoms with E-state index in [4.69, 9.17) is 5.73 Å². The van der Waals surface area contributed by atoms with Crippen LogP contribution in [-0.2, 0) is 0 Å². The number of anilines is 2. The zero-order valence-corrected chi connectivity index (χ0v) is 10.6. The minimum Gasteiger partial charge on any atom is -0.508 e. The molecule has 1 aromatic carbocycles. The highest BCUT2D eigenvalue weighted by atomic mass is 16.3. The molecule has 0 radical (unpaired) electrons. The van der Waals surface area contributed by atoms with Crippen LogP contribution in [0.25, 0.3) is 0 Å². The minimum absolute atomic E-state index is 0.0492. The Balaban J connectivity index is 2.28. The smallest absolute Gasteiger partial charge is 0.257 e. The summed E-state index contributed by atoms with van der Waals surface area (Å²) in [6.07, 6.45) is 0. The van der Waals surface area contributed by atoms with E-state index in [1.807, 2.05) is 0 Å². The maximum Gasteiger partial charge on any atom is 0.257 e. The summed E-state index contributed by atoms with van der Waals surface area (Å²) in [5.74, 6) is -0.263. The van der Waals surface area contributed by atoms with Gasteiger partial charge in [-0.1, -0.05) is 0 Å². The third-order valence-electron chi connectivity index (χ3n) is 2.63. The summed E-state index contributed by atoms with van der Waals surface area (Å²) in [6.45, 7) is 3.47. The second-order valence-corrected chi connectivity index (χ2v) is 4.21. The molecule has 1 aromatic heterocycles. The number of hydrogen-bond acceptors (Lipinski definition) is 5. The Labute approximate surface area is 110 Å². The number of nitrogens with two attached hydrogens (primary N) is 1. The van der Waals surface area contributed by atoms with Crippen LogP contribution in [0, 0.1) is 13.8 Å². The van der Waals surface area contributed by atoms with E-state index in [1.165, 1.54) is 12.1 Å². The fourth-order valence-electron chi connectivity index (χ4n) is 1.63. The first-order valence-corrected chi connectivity index (χ1v) is 5.68. The van der Waals surface area contributed by atoms with E-state index in [0.717, 1.165) is 0 Å². The topological polar surface area (TPSA) is 101 Å². The number of aromatic hydroxyl groups is 1. The van der Waals surface area contributed by atoms with Gasteiger partial charge in [-0.2, -0.15) is 10.2 Å². The van der Waals surface area contributed by atoms with Gasteiger partial charge in [0, 0.05) is 6.07 Å². The number of rotatable bonds is 2. The van der Waals surface area contributed by atoms with Crippen LogP contribution < -0.4 is 11.1 Å². The van der Waals surface area contributed by atoms with Crippen molar-refractivity contribution in [3.8, 4) is 5.75 Å². The first-order chi connectivity index (χ1) is 8.97. The SMILES string of the molecule is Cc1cc(C(=O)Nc2ccc(O)cc2N)c(C)nn1. The van der Waals surface area contributed by atoms with Crippen LogP contribution in [0.3, 0.4) is 0 Å². The predicted molar refractivity (Wildman–Crippen MR) is 72.0 cm³/mol. The summed E-state index contributed by atoms with van der Waals surface area (Å²) in [7, 11) is 0. The lowest BCUT2D eigenvalue weighted by atomic mass is 10.1. The van der Waals surface area contributed by atoms with E-state index in [2.05, 4.69) is 15.5 Å². The number of nitrogens with zero attached hydrogens (tertiary/aromatic N) is 2. The van der Waals surface area contributed by atoms with Crippen molar-refractivity contribution in [3.63, 3.8) is 0 Å². The average molecular weight is 258 g/mol. The van der Waals surface area contributed by atoms with Crippen LogP contribution in [0.1, 0.15) is 21.7 Å². The van der Waals surface area contributed by atoms with E-state index in [1.54, 1.807) is 26.0 Å². The molecule has 0 bridgehead atoms. The van der Waals surface area contributed by atoms with Gasteiger partial charge in [0.05, 0.1) is 28.3 Å².